The van der Waals surface area contributed by atoms with Gasteiger partial charge >= 0.3 is 5.97 Å². The summed E-state index contributed by atoms with van der Waals surface area (Å²) in [5.74, 6) is -1.30. The van der Waals surface area contributed by atoms with Gasteiger partial charge in [-0.3, -0.25) is 4.79 Å². The van der Waals surface area contributed by atoms with Crippen molar-refractivity contribution in [2.75, 3.05) is 5.73 Å². The number of rotatable bonds is 5. The fourth-order valence-corrected chi connectivity index (χ4v) is 1.87. The van der Waals surface area contributed by atoms with Crippen LogP contribution < -0.4 is 11.1 Å². The molecule has 0 heterocycles. The molecule has 5 nitrogen and oxygen atoms in total. The Labute approximate surface area is 120 Å². The summed E-state index contributed by atoms with van der Waals surface area (Å²) in [6, 6.07) is 3.86. The molecule has 0 aliphatic rings. The first-order valence-electron chi connectivity index (χ1n) is 5.90. The number of carboxylic acid groups (broad SMARTS) is 1. The van der Waals surface area contributed by atoms with E-state index in [2.05, 4.69) is 21.2 Å². The summed E-state index contributed by atoms with van der Waals surface area (Å²) in [6.07, 6.45) is 0.382. The molecule has 1 amide bonds. The lowest BCUT2D eigenvalue weighted by atomic mass is 10.0. The molecule has 0 radical (unpaired) electrons. The van der Waals surface area contributed by atoms with Crippen LogP contribution in [0.15, 0.2) is 22.7 Å². The van der Waals surface area contributed by atoms with E-state index >= 15 is 0 Å². The van der Waals surface area contributed by atoms with E-state index in [9.17, 15) is 9.59 Å². The highest BCUT2D eigenvalue weighted by Crippen LogP contribution is 2.20. The van der Waals surface area contributed by atoms with E-state index in [0.717, 1.165) is 0 Å². The number of nitrogens with one attached hydrogen (secondary N) is 1. The smallest absolute Gasteiger partial charge is 0.326 e. The molecule has 0 spiro atoms. The molecule has 0 aliphatic carbocycles. The lowest BCUT2D eigenvalue weighted by molar-refractivity contribution is -0.139. The first-order chi connectivity index (χ1) is 8.81. The largest absolute Gasteiger partial charge is 0.480 e. The van der Waals surface area contributed by atoms with Gasteiger partial charge in [-0.25, -0.2) is 4.79 Å². The van der Waals surface area contributed by atoms with Crippen LogP contribution in [0.5, 0.6) is 0 Å². The topological polar surface area (TPSA) is 92.4 Å². The number of benzene rings is 1. The van der Waals surface area contributed by atoms with Gasteiger partial charge in [-0.15, -0.1) is 0 Å². The molecular formula is C13H17BrN2O3. The Morgan fingerprint density at radius 2 is 2.05 bits per heavy atom. The molecule has 1 rings (SSSR count). The normalized spacial score (nSPS) is 12.2. The Kier molecular flexibility index (Phi) is 5.35. The number of hydrogen-bond donors (Lipinski definition) is 3. The maximum Gasteiger partial charge on any atom is 0.326 e. The quantitative estimate of drug-likeness (QED) is 0.723. The van der Waals surface area contributed by atoms with E-state index < -0.39 is 17.9 Å². The lowest BCUT2D eigenvalue weighted by Gasteiger charge is -2.16. The van der Waals surface area contributed by atoms with Crippen LogP contribution >= 0.6 is 15.9 Å². The zero-order valence-corrected chi connectivity index (χ0v) is 12.4. The molecule has 0 fully saturated rings. The highest BCUT2D eigenvalue weighted by molar-refractivity contribution is 9.10. The fraction of sp³-hybridized carbons (Fsp3) is 0.385. The number of carbonyl (C=O) groups is 2. The number of carboxylic acids is 1. The van der Waals surface area contributed by atoms with E-state index in [1.165, 1.54) is 6.07 Å². The molecule has 0 saturated heterocycles. The molecular weight excluding hydrogens is 312 g/mol. The minimum Gasteiger partial charge on any atom is -0.480 e. The van der Waals surface area contributed by atoms with Gasteiger partial charge in [0.2, 0.25) is 0 Å². The monoisotopic (exact) mass is 328 g/mol. The number of halogens is 1. The Balaban J connectivity index is 2.81. The zero-order valence-electron chi connectivity index (χ0n) is 10.8. The Morgan fingerprint density at radius 1 is 1.42 bits per heavy atom. The van der Waals surface area contributed by atoms with Crippen molar-refractivity contribution in [3.8, 4) is 0 Å². The first kappa shape index (κ1) is 15.5. The van der Waals surface area contributed by atoms with Crippen LogP contribution in [0.25, 0.3) is 0 Å². The molecule has 0 saturated carbocycles. The molecule has 4 N–H and O–H groups in total. The second kappa shape index (κ2) is 6.56. The van der Waals surface area contributed by atoms with E-state index in [1.54, 1.807) is 12.1 Å². The van der Waals surface area contributed by atoms with E-state index in [0.29, 0.717) is 22.1 Å². The summed E-state index contributed by atoms with van der Waals surface area (Å²) < 4.78 is 0.695. The minimum absolute atomic E-state index is 0.177. The summed E-state index contributed by atoms with van der Waals surface area (Å²) in [6.45, 7) is 3.80. The number of amides is 1. The number of carbonyl (C=O) groups excluding carboxylic acids is 1. The van der Waals surface area contributed by atoms with Gasteiger partial charge in [0.15, 0.2) is 0 Å². The molecule has 19 heavy (non-hydrogen) atoms. The lowest BCUT2D eigenvalue weighted by Crippen LogP contribution is -2.41. The van der Waals surface area contributed by atoms with Crippen molar-refractivity contribution in [3.63, 3.8) is 0 Å². The molecule has 1 unspecified atom stereocenters. The standard InChI is InChI=1S/C13H17BrN2O3/c1-7(2)5-11(13(18)19)16-12(17)8-3-4-9(14)10(15)6-8/h3-4,6-7,11H,5,15H2,1-2H3,(H,16,17)(H,18,19). The Morgan fingerprint density at radius 3 is 2.53 bits per heavy atom. The SMILES string of the molecule is CC(C)CC(NC(=O)c1ccc(Br)c(N)c1)C(=O)O. The van der Waals surface area contributed by atoms with Crippen molar-refractivity contribution in [3.05, 3.63) is 28.2 Å². The molecule has 6 heteroatoms. The molecule has 0 aliphatic heterocycles. The van der Waals surface area contributed by atoms with Gasteiger partial charge in [0.25, 0.3) is 5.91 Å². The Hall–Kier alpha value is -1.56. The highest BCUT2D eigenvalue weighted by Gasteiger charge is 2.21. The summed E-state index contributed by atoms with van der Waals surface area (Å²) in [4.78, 5) is 23.0. The zero-order chi connectivity index (χ0) is 14.6. The minimum atomic E-state index is -1.04. The number of nitrogens with two attached hydrogens (primary N) is 1. The highest BCUT2D eigenvalue weighted by atomic mass is 79.9. The second-order valence-corrected chi connectivity index (χ2v) is 5.58. The molecule has 0 bridgehead atoms. The number of nitrogen functional groups attached to an aromatic ring is 1. The van der Waals surface area contributed by atoms with Crippen molar-refractivity contribution in [2.45, 2.75) is 26.3 Å². The van der Waals surface area contributed by atoms with Crippen LogP contribution in [0.1, 0.15) is 30.6 Å². The average Bonchev–Trinajstić information content (AvgIpc) is 2.31. The van der Waals surface area contributed by atoms with Gasteiger partial charge in [-0.2, -0.15) is 0 Å². The summed E-state index contributed by atoms with van der Waals surface area (Å²) in [5.41, 5.74) is 6.46. The van der Waals surface area contributed by atoms with Gasteiger partial charge in [0.1, 0.15) is 6.04 Å². The number of aliphatic carboxylic acids is 1. The van der Waals surface area contributed by atoms with E-state index in [1.807, 2.05) is 13.8 Å². The van der Waals surface area contributed by atoms with Crippen LogP contribution in [0.2, 0.25) is 0 Å². The van der Waals surface area contributed by atoms with Crippen molar-refractivity contribution in [1.29, 1.82) is 0 Å². The van der Waals surface area contributed by atoms with Crippen LogP contribution in [0.4, 0.5) is 5.69 Å². The number of hydrogen-bond acceptors (Lipinski definition) is 3. The third-order valence-corrected chi connectivity index (χ3v) is 3.29. The molecule has 1 atom stereocenters. The summed E-state index contributed by atoms with van der Waals surface area (Å²) >= 11 is 3.23. The maximum atomic E-state index is 12.0. The summed E-state index contributed by atoms with van der Waals surface area (Å²) in [7, 11) is 0. The third-order valence-electron chi connectivity index (χ3n) is 2.57. The molecule has 0 aromatic heterocycles. The van der Waals surface area contributed by atoms with Crippen LogP contribution in [-0.2, 0) is 4.79 Å². The van der Waals surface area contributed by atoms with Crippen molar-refractivity contribution in [2.24, 2.45) is 5.92 Å². The number of anilines is 1. The average molecular weight is 329 g/mol. The van der Waals surface area contributed by atoms with Crippen molar-refractivity contribution >= 4 is 33.5 Å². The molecule has 1 aromatic carbocycles. The maximum absolute atomic E-state index is 12.0. The van der Waals surface area contributed by atoms with Crippen LogP contribution in [0, 0.1) is 5.92 Å². The first-order valence-corrected chi connectivity index (χ1v) is 6.69. The van der Waals surface area contributed by atoms with Gasteiger partial charge in [0, 0.05) is 15.7 Å². The predicted molar refractivity (Wildman–Crippen MR) is 76.9 cm³/mol. The van der Waals surface area contributed by atoms with Gasteiger partial charge < -0.3 is 16.2 Å². The van der Waals surface area contributed by atoms with Crippen LogP contribution in [0.3, 0.4) is 0 Å². The van der Waals surface area contributed by atoms with Crippen molar-refractivity contribution in [1.82, 2.24) is 5.32 Å². The second-order valence-electron chi connectivity index (χ2n) is 4.73. The van der Waals surface area contributed by atoms with E-state index in [-0.39, 0.29) is 5.92 Å². The Bertz CT molecular complexity index is 489. The van der Waals surface area contributed by atoms with Crippen LogP contribution in [-0.4, -0.2) is 23.0 Å². The van der Waals surface area contributed by atoms with E-state index in [4.69, 9.17) is 10.8 Å². The van der Waals surface area contributed by atoms with Crippen molar-refractivity contribution < 1.29 is 14.7 Å². The summed E-state index contributed by atoms with van der Waals surface area (Å²) in [5, 5.41) is 11.6. The molecule has 1 aromatic rings. The van der Waals surface area contributed by atoms with Gasteiger partial charge in [-0.05, 0) is 46.5 Å². The van der Waals surface area contributed by atoms with Gasteiger partial charge in [0.05, 0.1) is 0 Å². The van der Waals surface area contributed by atoms with Gasteiger partial charge in [-0.1, -0.05) is 13.8 Å². The predicted octanol–water partition coefficient (Wildman–Crippen LogP) is 2.26. The molecule has 104 valence electrons. The fourth-order valence-electron chi connectivity index (χ4n) is 1.62. The third kappa shape index (κ3) is 4.55.